The van der Waals surface area contributed by atoms with E-state index < -0.39 is 0 Å². The zero-order valence-corrected chi connectivity index (χ0v) is 26.5. The van der Waals surface area contributed by atoms with Crippen LogP contribution in [0.15, 0.2) is 60.7 Å². The molecule has 2 aliphatic heterocycles. The van der Waals surface area contributed by atoms with Gasteiger partial charge in [0.05, 0.1) is 11.4 Å². The topological polar surface area (TPSA) is 35.6 Å². The molecule has 4 heteroatoms. The van der Waals surface area contributed by atoms with Crippen LogP contribution in [-0.4, -0.2) is 19.6 Å². The van der Waals surface area contributed by atoms with Crippen molar-refractivity contribution in [1.29, 1.82) is 0 Å². The lowest BCUT2D eigenvalue weighted by Gasteiger charge is -2.13. The molecule has 0 bridgehead atoms. The van der Waals surface area contributed by atoms with Gasteiger partial charge >= 0.3 is 0 Å². The molecule has 6 rings (SSSR count). The summed E-state index contributed by atoms with van der Waals surface area (Å²) < 4.78 is 4.36. The highest BCUT2D eigenvalue weighted by atomic mass is 15.3. The van der Waals surface area contributed by atoms with Gasteiger partial charge in [0.2, 0.25) is 0 Å². The average molecular weight is 531 g/mol. The predicted octanol–water partition coefficient (Wildman–Crippen LogP) is 10.1. The summed E-state index contributed by atoms with van der Waals surface area (Å²) in [4.78, 5) is 0. The lowest BCUT2D eigenvalue weighted by Crippen LogP contribution is -2.11. The minimum absolute atomic E-state index is 1.09. The molecule has 4 nitrogen and oxygen atoms in total. The molecule has 4 heterocycles. The Labute approximate surface area is 239 Å². The van der Waals surface area contributed by atoms with Crippen LogP contribution >= 0.6 is 0 Å². The van der Waals surface area contributed by atoms with Crippen molar-refractivity contribution in [3.05, 3.63) is 83.2 Å². The van der Waals surface area contributed by atoms with Crippen molar-refractivity contribution in [3.8, 4) is 22.5 Å². The number of aromatic nitrogens is 4. The Balaban J connectivity index is 0.000000312. The summed E-state index contributed by atoms with van der Waals surface area (Å²) in [5.74, 6) is 0. The molecule has 0 fully saturated rings. The molecule has 2 aromatic carbocycles. The third-order valence-electron chi connectivity index (χ3n) is 6.55. The molecule has 2 aliphatic rings. The standard InChI is InChI=1S/C14H16N2.C13H14N2.4C2H6/c1-11-13-9-5-6-10-16(13)15-14(11)12-7-3-2-4-8-12;1-10-12-8-5-9-15(12)14-13(10)11-6-3-2-4-7-11;4*1-2/h2-4,7-8H,5-6,9-10H2,1H3;2-4,6-7H,5,8-9H2,1H3;4*1-2H3. The number of hydrogen-bond acceptors (Lipinski definition) is 2. The molecule has 0 spiro atoms. The second-order valence-corrected chi connectivity index (χ2v) is 8.58. The lowest BCUT2D eigenvalue weighted by atomic mass is 10.0. The number of aryl methyl sites for hydroxylation is 2. The van der Waals surface area contributed by atoms with Crippen molar-refractivity contribution in [2.24, 2.45) is 0 Å². The number of fused-ring (bicyclic) bond motifs is 2. The van der Waals surface area contributed by atoms with Gasteiger partial charge in [-0.25, -0.2) is 0 Å². The van der Waals surface area contributed by atoms with Gasteiger partial charge in [-0.3, -0.25) is 9.36 Å². The summed E-state index contributed by atoms with van der Waals surface area (Å²) in [7, 11) is 0. The van der Waals surface area contributed by atoms with Crippen molar-refractivity contribution < 1.29 is 0 Å². The molecule has 0 radical (unpaired) electrons. The molecule has 2 aromatic heterocycles. The van der Waals surface area contributed by atoms with Crippen LogP contribution in [0.3, 0.4) is 0 Å². The van der Waals surface area contributed by atoms with E-state index in [1.807, 2.05) is 61.5 Å². The smallest absolute Gasteiger partial charge is 0.0955 e. The quantitative estimate of drug-likeness (QED) is 0.258. The first kappa shape index (κ1) is 33.9. The Kier molecular flexibility index (Phi) is 16.5. The van der Waals surface area contributed by atoms with Crippen molar-refractivity contribution in [3.63, 3.8) is 0 Å². The number of benzene rings is 2. The molecule has 0 saturated heterocycles. The van der Waals surface area contributed by atoms with Crippen LogP contribution in [0.2, 0.25) is 0 Å². The highest BCUT2D eigenvalue weighted by Crippen LogP contribution is 2.29. The van der Waals surface area contributed by atoms with Crippen LogP contribution in [0, 0.1) is 13.8 Å². The predicted molar refractivity (Wildman–Crippen MR) is 171 cm³/mol. The van der Waals surface area contributed by atoms with Gasteiger partial charge in [-0.2, -0.15) is 10.2 Å². The summed E-state index contributed by atoms with van der Waals surface area (Å²) in [5, 5.41) is 9.41. The van der Waals surface area contributed by atoms with E-state index in [0.29, 0.717) is 0 Å². The van der Waals surface area contributed by atoms with Crippen molar-refractivity contribution in [2.45, 2.75) is 114 Å². The van der Waals surface area contributed by atoms with E-state index in [1.165, 1.54) is 65.7 Å². The number of rotatable bonds is 2. The summed E-state index contributed by atoms with van der Waals surface area (Å²) >= 11 is 0. The molecule has 0 N–H and O–H groups in total. The Hall–Kier alpha value is -3.14. The van der Waals surface area contributed by atoms with E-state index in [1.54, 1.807) is 0 Å². The first-order valence-electron chi connectivity index (χ1n) is 15.5. The molecule has 4 aromatic rings. The van der Waals surface area contributed by atoms with Crippen LogP contribution in [0.25, 0.3) is 22.5 Å². The van der Waals surface area contributed by atoms with Gasteiger partial charge < -0.3 is 0 Å². The second-order valence-electron chi connectivity index (χ2n) is 8.58. The largest absolute Gasteiger partial charge is 0.269 e. The van der Waals surface area contributed by atoms with Crippen molar-refractivity contribution >= 4 is 0 Å². The van der Waals surface area contributed by atoms with Crippen LogP contribution in [0.5, 0.6) is 0 Å². The van der Waals surface area contributed by atoms with E-state index in [2.05, 4.69) is 82.9 Å². The third-order valence-corrected chi connectivity index (χ3v) is 6.55. The summed E-state index contributed by atoms with van der Waals surface area (Å²) in [6.45, 7) is 22.6. The molecule has 39 heavy (non-hydrogen) atoms. The monoisotopic (exact) mass is 530 g/mol. The van der Waals surface area contributed by atoms with Gasteiger partial charge in [-0.15, -0.1) is 0 Å². The molecule has 0 atom stereocenters. The maximum atomic E-state index is 4.74. The normalized spacial score (nSPS) is 12.2. The maximum absolute atomic E-state index is 4.74. The Bertz CT molecular complexity index is 1170. The second kappa shape index (κ2) is 19.0. The van der Waals surface area contributed by atoms with Crippen LogP contribution in [-0.2, 0) is 25.9 Å². The average Bonchev–Trinajstić information content (AvgIpc) is 3.73. The van der Waals surface area contributed by atoms with Gasteiger partial charge in [0.15, 0.2) is 0 Å². The fourth-order valence-corrected chi connectivity index (χ4v) is 4.87. The van der Waals surface area contributed by atoms with Gasteiger partial charge in [-0.1, -0.05) is 116 Å². The molecule has 214 valence electrons. The summed E-state index contributed by atoms with van der Waals surface area (Å²) in [5.41, 5.74) is 10.4. The van der Waals surface area contributed by atoms with Gasteiger partial charge in [0.1, 0.15) is 0 Å². The Morgan fingerprint density at radius 1 is 0.487 bits per heavy atom. The zero-order chi connectivity index (χ0) is 29.2. The van der Waals surface area contributed by atoms with Crippen molar-refractivity contribution in [1.82, 2.24) is 19.6 Å². The summed E-state index contributed by atoms with van der Waals surface area (Å²) in [6.07, 6.45) is 6.19. The molecular formula is C35H54N4. The molecular weight excluding hydrogens is 476 g/mol. The van der Waals surface area contributed by atoms with E-state index in [0.717, 1.165) is 24.5 Å². The molecule has 0 amide bonds. The number of hydrogen-bond donors (Lipinski definition) is 0. The van der Waals surface area contributed by atoms with Crippen LogP contribution in [0.1, 0.15) is 97.2 Å². The third kappa shape index (κ3) is 8.68. The van der Waals surface area contributed by atoms with Gasteiger partial charge in [0, 0.05) is 35.6 Å². The van der Waals surface area contributed by atoms with Crippen LogP contribution < -0.4 is 0 Å². The first-order chi connectivity index (χ1) is 19.2. The Morgan fingerprint density at radius 2 is 0.846 bits per heavy atom. The van der Waals surface area contributed by atoms with Crippen molar-refractivity contribution in [2.75, 3.05) is 0 Å². The zero-order valence-electron chi connectivity index (χ0n) is 26.5. The van der Waals surface area contributed by atoms with E-state index in [-0.39, 0.29) is 0 Å². The van der Waals surface area contributed by atoms with E-state index >= 15 is 0 Å². The highest BCUT2D eigenvalue weighted by molar-refractivity contribution is 5.64. The fourth-order valence-electron chi connectivity index (χ4n) is 4.87. The van der Waals surface area contributed by atoms with Gasteiger partial charge in [-0.05, 0) is 57.1 Å². The maximum Gasteiger partial charge on any atom is 0.0955 e. The highest BCUT2D eigenvalue weighted by Gasteiger charge is 2.19. The fraction of sp³-hybridized carbons (Fsp3) is 0.486. The summed E-state index contributed by atoms with van der Waals surface area (Å²) in [6, 6.07) is 20.9. The molecule has 0 aliphatic carbocycles. The minimum Gasteiger partial charge on any atom is -0.269 e. The molecule has 0 unspecified atom stereocenters. The van der Waals surface area contributed by atoms with Crippen LogP contribution in [0.4, 0.5) is 0 Å². The van der Waals surface area contributed by atoms with E-state index in [9.17, 15) is 0 Å². The SMILES string of the molecule is CC.CC.CC.CC.Cc1c(-c2ccccc2)nn2c1CCC2.Cc1c(-c2ccccc2)nn2c1CCCC2. The molecule has 0 saturated carbocycles. The first-order valence-corrected chi connectivity index (χ1v) is 15.5. The number of nitrogens with zero attached hydrogens (tertiary/aromatic N) is 4. The minimum atomic E-state index is 1.09. The lowest BCUT2D eigenvalue weighted by molar-refractivity contribution is 0.486. The van der Waals surface area contributed by atoms with E-state index in [4.69, 9.17) is 5.10 Å². The Morgan fingerprint density at radius 3 is 1.23 bits per heavy atom. The van der Waals surface area contributed by atoms with Gasteiger partial charge in [0.25, 0.3) is 0 Å².